The lowest BCUT2D eigenvalue weighted by Crippen LogP contribution is -2.19. The fourth-order valence-corrected chi connectivity index (χ4v) is 10.8. The molecule has 0 aliphatic heterocycles. The zero-order valence-electron chi connectivity index (χ0n) is 43.8. The number of carbonyl (C=O) groups is 2. The number of alkyl halides is 6. The lowest BCUT2D eigenvalue weighted by Gasteiger charge is -2.31. The predicted molar refractivity (Wildman–Crippen MR) is 291 cm³/mol. The number of benzene rings is 8. The Balaban J connectivity index is 1.17. The third-order valence-corrected chi connectivity index (χ3v) is 14.9. The second-order valence-electron chi connectivity index (χ2n) is 21.1. The molecular formula is C65H53F7N2O4. The van der Waals surface area contributed by atoms with Crippen LogP contribution in [0, 0.1) is 11.7 Å². The number of nitrogens with zero attached hydrogens (tertiary/aromatic N) is 2. The van der Waals surface area contributed by atoms with Gasteiger partial charge in [0.2, 0.25) is 0 Å². The van der Waals surface area contributed by atoms with Crippen LogP contribution in [0.5, 0.6) is 5.75 Å². The van der Waals surface area contributed by atoms with Crippen molar-refractivity contribution < 1.29 is 49.8 Å². The number of ether oxygens (including phenoxy) is 2. The summed E-state index contributed by atoms with van der Waals surface area (Å²) in [5.41, 5.74) is 5.93. The van der Waals surface area contributed by atoms with E-state index in [1.165, 1.54) is 62.1 Å². The van der Waals surface area contributed by atoms with E-state index in [9.17, 15) is 14.0 Å². The van der Waals surface area contributed by atoms with Crippen molar-refractivity contribution >= 4 is 46.1 Å². The third kappa shape index (κ3) is 9.49. The van der Waals surface area contributed by atoms with Crippen LogP contribution in [0.15, 0.2) is 176 Å². The molecule has 8 aromatic rings. The van der Waals surface area contributed by atoms with Crippen molar-refractivity contribution in [1.29, 1.82) is 0 Å². The number of esters is 2. The Morgan fingerprint density at radius 1 is 0.538 bits per heavy atom. The first-order chi connectivity index (χ1) is 36.8. The Morgan fingerprint density at radius 2 is 1.00 bits per heavy atom. The van der Waals surface area contributed by atoms with Gasteiger partial charge < -0.3 is 19.3 Å². The summed E-state index contributed by atoms with van der Waals surface area (Å²) >= 11 is 0. The lowest BCUT2D eigenvalue weighted by atomic mass is 9.82. The minimum absolute atomic E-state index is 0.0825. The first-order valence-corrected chi connectivity index (χ1v) is 25.3. The van der Waals surface area contributed by atoms with E-state index in [0.717, 1.165) is 62.7 Å². The molecule has 0 bridgehead atoms. The molecule has 0 aromatic heterocycles. The van der Waals surface area contributed by atoms with Gasteiger partial charge in [-0.05, 0) is 147 Å². The topological polar surface area (TPSA) is 59.1 Å². The molecule has 0 radical (unpaired) electrons. The first-order valence-electron chi connectivity index (χ1n) is 25.3. The summed E-state index contributed by atoms with van der Waals surface area (Å²) in [4.78, 5) is 28.7. The van der Waals surface area contributed by atoms with Gasteiger partial charge in [0, 0.05) is 50.4 Å². The molecule has 0 fully saturated rings. The molecule has 13 heteroatoms. The highest BCUT2D eigenvalue weighted by atomic mass is 19.4. The molecule has 78 heavy (non-hydrogen) atoms. The predicted octanol–water partition coefficient (Wildman–Crippen LogP) is 18.3. The van der Waals surface area contributed by atoms with Crippen molar-refractivity contribution in [2.75, 3.05) is 9.80 Å². The minimum atomic E-state index is -5.05. The van der Waals surface area contributed by atoms with E-state index in [1.54, 1.807) is 41.3 Å². The molecular weight excluding hydrogens is 1010 g/mol. The van der Waals surface area contributed by atoms with Crippen LogP contribution in [-0.4, -0.2) is 11.9 Å². The normalized spacial score (nSPS) is 13.8. The number of halogens is 7. The van der Waals surface area contributed by atoms with E-state index in [0.29, 0.717) is 22.6 Å². The quantitative estimate of drug-likeness (QED) is 0.0526. The summed E-state index contributed by atoms with van der Waals surface area (Å²) in [7, 11) is 0. The summed E-state index contributed by atoms with van der Waals surface area (Å²) in [5.74, 6) is -3.63. The maximum absolute atomic E-state index is 16.1. The van der Waals surface area contributed by atoms with Crippen molar-refractivity contribution in [2.24, 2.45) is 5.92 Å². The van der Waals surface area contributed by atoms with Crippen LogP contribution in [0.2, 0.25) is 0 Å². The van der Waals surface area contributed by atoms with Crippen molar-refractivity contribution in [1.82, 2.24) is 0 Å². The van der Waals surface area contributed by atoms with Gasteiger partial charge in [-0.25, -0.2) is 9.18 Å². The summed E-state index contributed by atoms with van der Waals surface area (Å²) in [6, 6.07) is 43.9. The van der Waals surface area contributed by atoms with Crippen LogP contribution in [0.1, 0.15) is 87.4 Å². The number of carbonyl (C=O) groups excluding carboxylic acids is 2. The molecule has 0 heterocycles. The van der Waals surface area contributed by atoms with E-state index >= 15 is 26.3 Å². The van der Waals surface area contributed by atoms with Gasteiger partial charge >= 0.3 is 24.3 Å². The van der Waals surface area contributed by atoms with Crippen molar-refractivity contribution in [2.45, 2.75) is 78.3 Å². The van der Waals surface area contributed by atoms with Crippen LogP contribution in [-0.2, 0) is 44.1 Å². The highest BCUT2D eigenvalue weighted by molar-refractivity contribution is 5.91. The average molecular weight is 1060 g/mol. The summed E-state index contributed by atoms with van der Waals surface area (Å²) < 4.78 is 119. The van der Waals surface area contributed by atoms with Gasteiger partial charge in [-0.15, -0.1) is 0 Å². The van der Waals surface area contributed by atoms with Gasteiger partial charge in [0.1, 0.15) is 23.7 Å². The smallest absolute Gasteiger partial charge is 0.420 e. The third-order valence-electron chi connectivity index (χ3n) is 14.9. The standard InChI is InChI=1S/C65H53F7N2O4/c1-37(2)60(75)77-36-40-18-17-39(31-58(40)74(42-21-19-41(66)20-22-42)46-25-29-51-49-14-10-12-16-53(49)63(7,8)55(51)33-46)47-27-23-44(34-56(47)64(67,68)69)73(45-26-30-59(78-61(76)38(3)4)57(35-45)65(70,71)72)43-24-28-50-48-13-9-11-15-52(48)62(5,6)54(50)32-43/h9-35,38H,1,36H2,2-8H3. The van der Waals surface area contributed by atoms with Crippen LogP contribution in [0.3, 0.4) is 0 Å². The van der Waals surface area contributed by atoms with Gasteiger partial charge in [0.05, 0.1) is 17.2 Å². The number of fused-ring (bicyclic) bond motifs is 6. The SMILES string of the molecule is C=C(C)C(=O)OCc1ccc(-c2ccc(N(c3ccc(OC(=O)C(C)C)c(C(F)(F)F)c3)c3ccc4c(c3)C(C)(C)c3ccccc3-4)cc2C(F)(F)F)cc1N(c1ccc(F)cc1)c1ccc2c(c1)C(C)(C)c1ccccc1-2. The fraction of sp³-hybridized carbons (Fsp3) is 0.200. The van der Waals surface area contributed by atoms with Gasteiger partial charge in [-0.1, -0.05) is 127 Å². The molecule has 0 spiro atoms. The molecule has 0 amide bonds. The van der Waals surface area contributed by atoms with Crippen molar-refractivity contribution in [3.63, 3.8) is 0 Å². The Morgan fingerprint density at radius 3 is 1.53 bits per heavy atom. The van der Waals surface area contributed by atoms with Crippen LogP contribution < -0.4 is 14.5 Å². The van der Waals surface area contributed by atoms with Gasteiger partial charge in [-0.3, -0.25) is 4.79 Å². The monoisotopic (exact) mass is 1060 g/mol. The van der Waals surface area contributed by atoms with Crippen LogP contribution in [0.4, 0.5) is 64.9 Å². The maximum atomic E-state index is 16.1. The van der Waals surface area contributed by atoms with E-state index < -0.39 is 63.7 Å². The molecule has 0 N–H and O–H groups in total. The van der Waals surface area contributed by atoms with Crippen LogP contribution in [0.25, 0.3) is 33.4 Å². The van der Waals surface area contributed by atoms with E-state index in [1.807, 2.05) is 74.5 Å². The molecule has 0 unspecified atom stereocenters. The zero-order chi connectivity index (χ0) is 55.8. The molecule has 2 aliphatic rings. The van der Waals surface area contributed by atoms with Crippen molar-refractivity contribution in [3.05, 3.63) is 221 Å². The highest BCUT2D eigenvalue weighted by Gasteiger charge is 2.41. The zero-order valence-corrected chi connectivity index (χ0v) is 43.8. The average Bonchev–Trinajstić information content (AvgIpc) is 3.77. The van der Waals surface area contributed by atoms with Crippen molar-refractivity contribution in [3.8, 4) is 39.1 Å². The maximum Gasteiger partial charge on any atom is 0.420 e. The molecule has 10 rings (SSSR count). The summed E-state index contributed by atoms with van der Waals surface area (Å²) in [6.07, 6.45) is -10.1. The first kappa shape index (κ1) is 53.0. The number of hydrogen-bond donors (Lipinski definition) is 0. The number of anilines is 6. The minimum Gasteiger partial charge on any atom is -0.457 e. The molecule has 8 aromatic carbocycles. The van der Waals surface area contributed by atoms with E-state index in [2.05, 4.69) is 32.6 Å². The van der Waals surface area contributed by atoms with E-state index in [4.69, 9.17) is 9.47 Å². The fourth-order valence-electron chi connectivity index (χ4n) is 10.8. The molecule has 0 saturated heterocycles. The largest absolute Gasteiger partial charge is 0.457 e. The summed E-state index contributed by atoms with van der Waals surface area (Å²) in [6.45, 7) is 16.1. The molecule has 0 saturated carbocycles. The van der Waals surface area contributed by atoms with Gasteiger partial charge in [0.25, 0.3) is 0 Å². The van der Waals surface area contributed by atoms with Gasteiger partial charge in [0.15, 0.2) is 0 Å². The molecule has 0 atom stereocenters. The van der Waals surface area contributed by atoms with Gasteiger partial charge in [-0.2, -0.15) is 26.3 Å². The molecule has 6 nitrogen and oxygen atoms in total. The molecule has 396 valence electrons. The second kappa shape index (κ2) is 19.5. The Bertz CT molecular complexity index is 3720. The second-order valence-corrected chi connectivity index (χ2v) is 21.1. The number of rotatable bonds is 12. The van der Waals surface area contributed by atoms with E-state index in [-0.39, 0.29) is 40.4 Å². The summed E-state index contributed by atoms with van der Waals surface area (Å²) in [5, 5.41) is 0. The lowest BCUT2D eigenvalue weighted by molar-refractivity contribution is -0.144. The highest BCUT2D eigenvalue weighted by Crippen LogP contribution is 2.54. The number of hydrogen-bond acceptors (Lipinski definition) is 6. The Kier molecular flexibility index (Phi) is 13.3. The Labute approximate surface area is 448 Å². The molecule has 2 aliphatic carbocycles. The van der Waals surface area contributed by atoms with Crippen LogP contribution >= 0.6 is 0 Å². The Hall–Kier alpha value is -8.45.